The summed E-state index contributed by atoms with van der Waals surface area (Å²) in [6.07, 6.45) is 0. The number of nitrogens with one attached hydrogen (secondary N) is 1. The zero-order valence-corrected chi connectivity index (χ0v) is 13.1. The van der Waals surface area contributed by atoms with E-state index in [0.29, 0.717) is 5.75 Å². The average molecular weight is 294 g/mol. The Bertz CT molecular complexity index is 471. The fourth-order valence-electron chi connectivity index (χ4n) is 3.02. The van der Waals surface area contributed by atoms with Crippen LogP contribution in [0.15, 0.2) is 18.2 Å². The lowest BCUT2D eigenvalue weighted by molar-refractivity contribution is 0.0293. The minimum atomic E-state index is -0.344. The van der Waals surface area contributed by atoms with Crippen molar-refractivity contribution >= 4 is 0 Å². The fourth-order valence-corrected chi connectivity index (χ4v) is 3.02. The molecule has 1 heterocycles. The Hall–Kier alpha value is -1.30. The van der Waals surface area contributed by atoms with Crippen molar-refractivity contribution in [2.24, 2.45) is 5.41 Å². The molecule has 118 valence electrons. The standard InChI is InChI=1S/C16H26N2O3/c1-16(2,11-19)15(18-8-6-17-7-9-18)13-5-4-12(21-3)10-14(13)20/h4-5,10,15,17,19-20H,6-9,11H2,1-3H3/t15-/m1/s1. The molecule has 0 aliphatic carbocycles. The van der Waals surface area contributed by atoms with Gasteiger partial charge in [0.2, 0.25) is 0 Å². The SMILES string of the molecule is COc1ccc([C@@H](N2CCNCC2)C(C)(C)CO)c(O)c1. The van der Waals surface area contributed by atoms with Crippen molar-refractivity contribution in [2.75, 3.05) is 39.9 Å². The van der Waals surface area contributed by atoms with Crippen LogP contribution in [0.2, 0.25) is 0 Å². The van der Waals surface area contributed by atoms with E-state index in [9.17, 15) is 10.2 Å². The molecule has 0 amide bonds. The molecule has 5 nitrogen and oxygen atoms in total. The lowest BCUT2D eigenvalue weighted by Crippen LogP contribution is -2.49. The summed E-state index contributed by atoms with van der Waals surface area (Å²) < 4.78 is 5.15. The second kappa shape index (κ2) is 6.64. The van der Waals surface area contributed by atoms with Crippen molar-refractivity contribution in [1.82, 2.24) is 10.2 Å². The summed E-state index contributed by atoms with van der Waals surface area (Å²) in [6, 6.07) is 5.36. The van der Waals surface area contributed by atoms with Gasteiger partial charge in [-0.15, -0.1) is 0 Å². The summed E-state index contributed by atoms with van der Waals surface area (Å²) in [4.78, 5) is 2.33. The van der Waals surface area contributed by atoms with E-state index in [-0.39, 0.29) is 23.8 Å². The van der Waals surface area contributed by atoms with Gasteiger partial charge in [0.05, 0.1) is 7.11 Å². The number of phenols is 1. The molecular weight excluding hydrogens is 268 g/mol. The summed E-state index contributed by atoms with van der Waals surface area (Å²) in [7, 11) is 1.58. The molecule has 1 aromatic rings. The van der Waals surface area contributed by atoms with E-state index in [1.165, 1.54) is 0 Å². The van der Waals surface area contributed by atoms with Crippen molar-refractivity contribution in [3.63, 3.8) is 0 Å². The number of piperazine rings is 1. The molecule has 3 N–H and O–H groups in total. The van der Waals surface area contributed by atoms with Crippen molar-refractivity contribution in [3.8, 4) is 11.5 Å². The van der Waals surface area contributed by atoms with Crippen LogP contribution in [-0.2, 0) is 0 Å². The summed E-state index contributed by atoms with van der Waals surface area (Å²) >= 11 is 0. The van der Waals surface area contributed by atoms with Gasteiger partial charge in [0.15, 0.2) is 0 Å². The highest BCUT2D eigenvalue weighted by molar-refractivity contribution is 5.42. The first kappa shape index (κ1) is 16.1. The largest absolute Gasteiger partial charge is 0.507 e. The van der Waals surface area contributed by atoms with E-state index in [0.717, 1.165) is 31.7 Å². The highest BCUT2D eigenvalue weighted by Crippen LogP contribution is 2.42. The molecule has 1 aliphatic rings. The van der Waals surface area contributed by atoms with Gasteiger partial charge in [-0.3, -0.25) is 4.90 Å². The maximum Gasteiger partial charge on any atom is 0.124 e. The van der Waals surface area contributed by atoms with Crippen LogP contribution in [-0.4, -0.2) is 55.0 Å². The number of hydrogen-bond donors (Lipinski definition) is 3. The van der Waals surface area contributed by atoms with Gasteiger partial charge in [0.1, 0.15) is 11.5 Å². The molecule has 0 unspecified atom stereocenters. The number of benzene rings is 1. The highest BCUT2D eigenvalue weighted by Gasteiger charge is 2.37. The normalized spacial score (nSPS) is 18.5. The molecule has 2 rings (SSSR count). The Morgan fingerprint density at radius 2 is 2.00 bits per heavy atom. The van der Waals surface area contributed by atoms with E-state index in [1.807, 2.05) is 26.0 Å². The number of aliphatic hydroxyl groups excluding tert-OH is 1. The van der Waals surface area contributed by atoms with Gasteiger partial charge in [0.25, 0.3) is 0 Å². The quantitative estimate of drug-likeness (QED) is 0.765. The van der Waals surface area contributed by atoms with Crippen molar-refractivity contribution < 1.29 is 14.9 Å². The van der Waals surface area contributed by atoms with Gasteiger partial charge in [-0.25, -0.2) is 0 Å². The monoisotopic (exact) mass is 294 g/mol. The van der Waals surface area contributed by atoms with Gasteiger partial charge < -0.3 is 20.3 Å². The zero-order valence-electron chi connectivity index (χ0n) is 13.1. The van der Waals surface area contributed by atoms with E-state index >= 15 is 0 Å². The first-order valence-electron chi connectivity index (χ1n) is 7.42. The molecule has 0 saturated carbocycles. The Labute approximate surface area is 126 Å². The maximum atomic E-state index is 10.4. The van der Waals surface area contributed by atoms with Crippen LogP contribution in [0.3, 0.4) is 0 Å². The predicted molar refractivity (Wildman–Crippen MR) is 82.7 cm³/mol. The van der Waals surface area contributed by atoms with Crippen LogP contribution in [0.1, 0.15) is 25.5 Å². The Kier molecular flexibility index (Phi) is 5.08. The number of aromatic hydroxyl groups is 1. The van der Waals surface area contributed by atoms with Crippen molar-refractivity contribution in [3.05, 3.63) is 23.8 Å². The minimum absolute atomic E-state index is 0.0319. The van der Waals surface area contributed by atoms with Crippen molar-refractivity contribution in [1.29, 1.82) is 0 Å². The molecule has 1 fully saturated rings. The van der Waals surface area contributed by atoms with E-state index in [1.54, 1.807) is 13.2 Å². The Morgan fingerprint density at radius 1 is 1.33 bits per heavy atom. The van der Waals surface area contributed by atoms with Crippen molar-refractivity contribution in [2.45, 2.75) is 19.9 Å². The zero-order chi connectivity index (χ0) is 15.5. The molecule has 1 atom stereocenters. The molecule has 1 aromatic carbocycles. The number of phenolic OH excluding ortho intramolecular Hbond substituents is 1. The van der Waals surface area contributed by atoms with Crippen LogP contribution in [0.4, 0.5) is 0 Å². The fraction of sp³-hybridized carbons (Fsp3) is 0.625. The third-order valence-corrected chi connectivity index (χ3v) is 4.20. The molecule has 21 heavy (non-hydrogen) atoms. The van der Waals surface area contributed by atoms with Gasteiger partial charge in [-0.05, 0) is 6.07 Å². The number of methoxy groups -OCH3 is 1. The average Bonchev–Trinajstić information content (AvgIpc) is 2.50. The second-order valence-electron chi connectivity index (χ2n) is 6.26. The van der Waals surface area contributed by atoms with Crippen LogP contribution >= 0.6 is 0 Å². The molecule has 0 aromatic heterocycles. The predicted octanol–water partition coefficient (Wildman–Crippen LogP) is 1.37. The third-order valence-electron chi connectivity index (χ3n) is 4.20. The molecule has 1 saturated heterocycles. The number of aliphatic hydroxyl groups is 1. The van der Waals surface area contributed by atoms with Crippen LogP contribution in [0.25, 0.3) is 0 Å². The van der Waals surface area contributed by atoms with Gasteiger partial charge >= 0.3 is 0 Å². The Balaban J connectivity index is 2.39. The minimum Gasteiger partial charge on any atom is -0.507 e. The van der Waals surface area contributed by atoms with Gasteiger partial charge in [-0.2, -0.15) is 0 Å². The first-order chi connectivity index (χ1) is 9.99. The molecule has 5 heteroatoms. The third kappa shape index (κ3) is 3.48. The van der Waals surface area contributed by atoms with Gasteiger partial charge in [0, 0.05) is 55.9 Å². The number of hydrogen-bond acceptors (Lipinski definition) is 5. The highest BCUT2D eigenvalue weighted by atomic mass is 16.5. The summed E-state index contributed by atoms with van der Waals surface area (Å²) in [5.41, 5.74) is 0.500. The number of nitrogens with zero attached hydrogens (tertiary/aromatic N) is 1. The number of ether oxygens (including phenoxy) is 1. The second-order valence-corrected chi connectivity index (χ2v) is 6.26. The smallest absolute Gasteiger partial charge is 0.124 e. The summed E-state index contributed by atoms with van der Waals surface area (Å²) in [5.74, 6) is 0.858. The molecule has 0 bridgehead atoms. The van der Waals surface area contributed by atoms with Crippen LogP contribution in [0.5, 0.6) is 11.5 Å². The lowest BCUT2D eigenvalue weighted by Gasteiger charge is -2.43. The van der Waals surface area contributed by atoms with Gasteiger partial charge in [-0.1, -0.05) is 19.9 Å². The summed E-state index contributed by atoms with van der Waals surface area (Å²) in [6.45, 7) is 7.78. The first-order valence-corrected chi connectivity index (χ1v) is 7.42. The molecular formula is C16H26N2O3. The lowest BCUT2D eigenvalue weighted by atomic mass is 9.79. The summed E-state index contributed by atoms with van der Waals surface area (Å²) in [5, 5.41) is 23.5. The molecule has 0 spiro atoms. The van der Waals surface area contributed by atoms with Crippen LogP contribution < -0.4 is 10.1 Å². The Morgan fingerprint density at radius 3 is 2.52 bits per heavy atom. The van der Waals surface area contributed by atoms with E-state index in [2.05, 4.69) is 10.2 Å². The van der Waals surface area contributed by atoms with Crippen LogP contribution in [0, 0.1) is 5.41 Å². The number of rotatable bonds is 5. The molecule has 1 aliphatic heterocycles. The van der Waals surface area contributed by atoms with E-state index < -0.39 is 0 Å². The maximum absolute atomic E-state index is 10.4. The topological polar surface area (TPSA) is 65.0 Å². The molecule has 0 radical (unpaired) electrons. The van der Waals surface area contributed by atoms with E-state index in [4.69, 9.17) is 4.74 Å².